The molecule has 2 aliphatic carbocycles. The summed E-state index contributed by atoms with van der Waals surface area (Å²) in [5, 5.41) is 0. The first-order valence-corrected chi connectivity index (χ1v) is 15.7. The summed E-state index contributed by atoms with van der Waals surface area (Å²) in [6, 6.07) is 0. The largest absolute Gasteiger partial charge is 0.372 e. The third-order valence-corrected chi connectivity index (χ3v) is 24.4. The molecule has 0 aromatic heterocycles. The van der Waals surface area contributed by atoms with Gasteiger partial charge >= 0.3 is 15.8 Å². The lowest BCUT2D eigenvalue weighted by Gasteiger charge is -2.34. The van der Waals surface area contributed by atoms with Gasteiger partial charge in [0, 0.05) is 0 Å². The maximum Gasteiger partial charge on any atom is 0.372 e. The Balaban J connectivity index is 2.75. The molecule has 12 heteroatoms. The molecule has 0 saturated carbocycles. The van der Waals surface area contributed by atoms with Crippen molar-refractivity contribution >= 4 is 33.5 Å². The minimum Gasteiger partial charge on any atom is -0.211 e. The van der Waals surface area contributed by atoms with Crippen LogP contribution < -0.4 is 0 Å². The third kappa shape index (κ3) is 2.71. The molecule has 8 nitrogen and oxygen atoms in total. The van der Waals surface area contributed by atoms with Crippen molar-refractivity contribution in [3.63, 3.8) is 0 Å². The summed E-state index contributed by atoms with van der Waals surface area (Å²) in [6.07, 6.45) is 10.4. The average Bonchev–Trinajstić information content (AvgIpc) is 2.59. The zero-order valence-corrected chi connectivity index (χ0v) is 18.9. The van der Waals surface area contributed by atoms with Gasteiger partial charge in [0.1, 0.15) is 9.49 Å². The van der Waals surface area contributed by atoms with Crippen LogP contribution in [0.25, 0.3) is 0 Å². The van der Waals surface area contributed by atoms with Crippen LogP contribution in [0.2, 0.25) is 0 Å². The molecule has 0 heterocycles. The molecule has 0 spiro atoms. The Morgan fingerprint density at radius 3 is 1.11 bits per heavy atom. The first-order valence-electron chi connectivity index (χ1n) is 8.22. The number of hydrogen-bond acceptors (Lipinski definition) is 8. The smallest absolute Gasteiger partial charge is 0.211 e. The molecular formula is C16H22O8S4. The second-order valence-electron chi connectivity index (χ2n) is 7.16. The van der Waals surface area contributed by atoms with Crippen LogP contribution >= 0.6 is 0 Å². The monoisotopic (exact) mass is 470 g/mol. The molecule has 4 atom stereocenters. The van der Waals surface area contributed by atoms with Crippen LogP contribution in [-0.2, 0) is 33.5 Å². The van der Waals surface area contributed by atoms with Crippen LogP contribution in [0.15, 0.2) is 48.6 Å². The van der Waals surface area contributed by atoms with Gasteiger partial charge in [-0.25, -0.2) is 16.8 Å². The molecule has 0 amide bonds. The van der Waals surface area contributed by atoms with Crippen molar-refractivity contribution in [3.8, 4) is 0 Å². The number of allylic oxidation sites excluding steroid dienone is 6. The van der Waals surface area contributed by atoms with E-state index in [-0.39, 0.29) is 0 Å². The van der Waals surface area contributed by atoms with Crippen LogP contribution in [0.1, 0.15) is 27.7 Å². The predicted octanol–water partition coefficient (Wildman–Crippen LogP) is 1.43. The summed E-state index contributed by atoms with van der Waals surface area (Å²) in [7, 11) is -23.4. The quantitative estimate of drug-likeness (QED) is 0.550. The molecule has 0 aromatic rings. The summed E-state index contributed by atoms with van der Waals surface area (Å²) in [6.45, 7) is 4.87. The van der Waals surface area contributed by atoms with Gasteiger partial charge in [0.2, 0.25) is 0 Å². The summed E-state index contributed by atoms with van der Waals surface area (Å²) < 4.78 is 98.8. The van der Waals surface area contributed by atoms with Gasteiger partial charge in [-0.15, -0.1) is 0 Å². The zero-order chi connectivity index (χ0) is 21.8. The van der Waals surface area contributed by atoms with Crippen molar-refractivity contribution in [1.29, 1.82) is 0 Å². The second-order valence-corrected chi connectivity index (χ2v) is 21.5. The van der Waals surface area contributed by atoms with E-state index in [1.807, 2.05) is 0 Å². The van der Waals surface area contributed by atoms with E-state index in [1.54, 1.807) is 0 Å². The van der Waals surface area contributed by atoms with Crippen molar-refractivity contribution in [2.75, 3.05) is 0 Å². The van der Waals surface area contributed by atoms with Gasteiger partial charge in [-0.05, 0) is 25.7 Å². The Labute approximate surface area is 164 Å². The fraction of sp³-hybridized carbons (Fsp3) is 0.500. The van der Waals surface area contributed by atoms with Crippen LogP contribution in [0.5, 0.6) is 0 Å². The van der Waals surface area contributed by atoms with Gasteiger partial charge < -0.3 is 0 Å². The summed E-state index contributed by atoms with van der Waals surface area (Å²) in [4.78, 5) is 0. The SMILES string of the molecule is CC1C=CC=CC1(C)S(=O)(=O)S(=O)(=O)S(=O)(=O)S(=O)(=O)C1(C)C=CC=CC1C. The molecule has 0 aliphatic heterocycles. The first kappa shape index (κ1) is 23.0. The van der Waals surface area contributed by atoms with E-state index in [4.69, 9.17) is 0 Å². The minimum atomic E-state index is -6.18. The molecule has 0 fully saturated rings. The highest BCUT2D eigenvalue weighted by Crippen LogP contribution is 2.42. The molecule has 0 saturated heterocycles. The lowest BCUT2D eigenvalue weighted by molar-refractivity contribution is 0.516. The fourth-order valence-corrected chi connectivity index (χ4v) is 21.5. The fourth-order valence-electron chi connectivity index (χ4n) is 2.92. The van der Waals surface area contributed by atoms with Crippen molar-refractivity contribution in [2.24, 2.45) is 11.8 Å². The van der Waals surface area contributed by atoms with Crippen molar-refractivity contribution < 1.29 is 33.7 Å². The lowest BCUT2D eigenvalue weighted by Crippen LogP contribution is -2.51. The number of rotatable bonds is 5. The minimum absolute atomic E-state index is 0.901. The zero-order valence-electron chi connectivity index (χ0n) is 15.7. The highest BCUT2D eigenvalue weighted by Gasteiger charge is 2.63. The highest BCUT2D eigenvalue weighted by atomic mass is 33.8. The Hall–Kier alpha value is -1.24. The lowest BCUT2D eigenvalue weighted by atomic mass is 9.91. The van der Waals surface area contributed by atoms with Crippen molar-refractivity contribution in [2.45, 2.75) is 37.2 Å². The van der Waals surface area contributed by atoms with Crippen LogP contribution in [0.3, 0.4) is 0 Å². The number of hydrogen-bond donors (Lipinski definition) is 0. The Morgan fingerprint density at radius 1 is 0.571 bits per heavy atom. The molecular weight excluding hydrogens is 448 g/mol. The molecule has 2 aliphatic rings. The van der Waals surface area contributed by atoms with E-state index >= 15 is 0 Å². The van der Waals surface area contributed by atoms with Gasteiger partial charge in [-0.3, -0.25) is 0 Å². The van der Waals surface area contributed by atoms with E-state index in [0.717, 1.165) is 26.0 Å². The first-order chi connectivity index (χ1) is 12.5. The van der Waals surface area contributed by atoms with Gasteiger partial charge in [0.15, 0.2) is 0 Å². The van der Waals surface area contributed by atoms with Gasteiger partial charge in [0.05, 0.1) is 0 Å². The van der Waals surface area contributed by atoms with E-state index in [1.165, 1.54) is 50.3 Å². The molecule has 4 unspecified atom stereocenters. The molecule has 0 bridgehead atoms. The molecule has 2 rings (SSSR count). The standard InChI is InChI=1S/C16H22O8S4/c1-13-9-5-7-11-15(13,3)25(17,18)27(21,22)28(23,24)26(19,20)16(4)12-8-6-10-14(16)2/h5-14H,1-4H3. The van der Waals surface area contributed by atoms with Gasteiger partial charge in [-0.1, -0.05) is 62.5 Å². The van der Waals surface area contributed by atoms with Gasteiger partial charge in [0.25, 0.3) is 17.7 Å². The maximum absolute atomic E-state index is 13.0. The summed E-state index contributed by atoms with van der Waals surface area (Å²) in [5.41, 5.74) is 0. The Kier molecular flexibility index (Phi) is 5.47. The van der Waals surface area contributed by atoms with Crippen molar-refractivity contribution in [1.82, 2.24) is 0 Å². The highest BCUT2D eigenvalue weighted by molar-refractivity contribution is 9.15. The Morgan fingerprint density at radius 2 is 0.857 bits per heavy atom. The van der Waals surface area contributed by atoms with Crippen LogP contribution in [0.4, 0.5) is 0 Å². The molecule has 0 aromatic carbocycles. The van der Waals surface area contributed by atoms with Crippen LogP contribution in [-0.4, -0.2) is 43.2 Å². The molecule has 158 valence electrons. The van der Waals surface area contributed by atoms with E-state index in [2.05, 4.69) is 0 Å². The summed E-state index contributed by atoms with van der Waals surface area (Å²) in [5.74, 6) is -1.80. The Bertz CT molecular complexity index is 1120. The van der Waals surface area contributed by atoms with Crippen LogP contribution in [0, 0.1) is 11.8 Å². The maximum atomic E-state index is 13.0. The average molecular weight is 471 g/mol. The summed E-state index contributed by atoms with van der Waals surface area (Å²) >= 11 is 0. The predicted molar refractivity (Wildman–Crippen MR) is 107 cm³/mol. The molecule has 0 N–H and O–H groups in total. The van der Waals surface area contributed by atoms with Gasteiger partial charge in [-0.2, -0.15) is 16.8 Å². The normalized spacial score (nSPS) is 33.9. The van der Waals surface area contributed by atoms with E-state index < -0.39 is 54.9 Å². The molecule has 28 heavy (non-hydrogen) atoms. The van der Waals surface area contributed by atoms with Crippen molar-refractivity contribution in [3.05, 3.63) is 48.6 Å². The third-order valence-electron chi connectivity index (χ3n) is 5.55. The topological polar surface area (TPSA) is 137 Å². The molecule has 0 radical (unpaired) electrons. The second kappa shape index (κ2) is 6.64. The van der Waals surface area contributed by atoms with E-state index in [0.29, 0.717) is 0 Å². The van der Waals surface area contributed by atoms with E-state index in [9.17, 15) is 33.7 Å².